The summed E-state index contributed by atoms with van der Waals surface area (Å²) < 4.78 is 0. The molecule has 0 aromatic carbocycles. The molecule has 0 aliphatic heterocycles. The first kappa shape index (κ1) is 11.9. The molecule has 0 fully saturated rings. The Hall–Kier alpha value is -1.08. The number of nitrogens with one attached hydrogen (secondary N) is 1. The highest BCUT2D eigenvalue weighted by Crippen LogP contribution is 2.01. The highest BCUT2D eigenvalue weighted by atomic mass is 16.1. The molecule has 0 saturated heterocycles. The average molecular weight is 183 g/mol. The third-order valence-electron chi connectivity index (χ3n) is 1.90. The second kappa shape index (κ2) is 5.55. The van der Waals surface area contributed by atoms with Gasteiger partial charge in [0.25, 0.3) is 0 Å². The van der Waals surface area contributed by atoms with Gasteiger partial charge in [-0.3, -0.25) is 4.79 Å². The lowest BCUT2D eigenvalue weighted by molar-refractivity contribution is -0.123. The smallest absolute Gasteiger partial charge is 0.237 e. The fraction of sp³-hybridized carbons (Fsp3) is 0.778. The van der Waals surface area contributed by atoms with Crippen molar-refractivity contribution in [3.63, 3.8) is 0 Å². The molecule has 0 atom stereocenters. The number of hydrogen-bond donors (Lipinski definition) is 2. The maximum Gasteiger partial charge on any atom is 0.237 e. The minimum Gasteiger partial charge on any atom is -0.368 e. The van der Waals surface area contributed by atoms with Crippen molar-refractivity contribution in [2.75, 3.05) is 6.54 Å². The van der Waals surface area contributed by atoms with E-state index < -0.39 is 5.54 Å². The predicted octanol–water partition coefficient (Wildman–Crippen LogP) is 0.534. The molecule has 0 aromatic rings. The Morgan fingerprint density at radius 1 is 1.54 bits per heavy atom. The van der Waals surface area contributed by atoms with Crippen molar-refractivity contribution in [3.8, 4) is 6.07 Å². The Labute approximate surface area is 79.1 Å². The molecule has 0 rings (SSSR count). The topological polar surface area (TPSA) is 78.9 Å². The van der Waals surface area contributed by atoms with E-state index in [1.54, 1.807) is 13.8 Å². The van der Waals surface area contributed by atoms with Gasteiger partial charge in [0.05, 0.1) is 11.6 Å². The summed E-state index contributed by atoms with van der Waals surface area (Å²) in [4.78, 5) is 10.8. The molecular formula is C9H17N3O. The van der Waals surface area contributed by atoms with E-state index in [1.807, 2.05) is 0 Å². The van der Waals surface area contributed by atoms with Gasteiger partial charge in [-0.05, 0) is 33.2 Å². The van der Waals surface area contributed by atoms with E-state index in [0.717, 1.165) is 19.4 Å². The van der Waals surface area contributed by atoms with Crippen LogP contribution in [0.15, 0.2) is 0 Å². The molecule has 74 valence electrons. The number of nitrogens with two attached hydrogens (primary N) is 1. The van der Waals surface area contributed by atoms with Crippen molar-refractivity contribution in [3.05, 3.63) is 0 Å². The SMILES string of the molecule is CC(C)(NCCCCC#N)C(N)=O. The zero-order valence-corrected chi connectivity index (χ0v) is 8.26. The van der Waals surface area contributed by atoms with Gasteiger partial charge in [0.1, 0.15) is 0 Å². The Morgan fingerprint density at radius 3 is 2.62 bits per heavy atom. The molecule has 0 radical (unpaired) electrons. The van der Waals surface area contributed by atoms with E-state index in [2.05, 4.69) is 11.4 Å². The fourth-order valence-corrected chi connectivity index (χ4v) is 0.817. The van der Waals surface area contributed by atoms with Crippen LogP contribution in [0.25, 0.3) is 0 Å². The van der Waals surface area contributed by atoms with Gasteiger partial charge in [0.2, 0.25) is 5.91 Å². The van der Waals surface area contributed by atoms with Crippen molar-refractivity contribution >= 4 is 5.91 Å². The summed E-state index contributed by atoms with van der Waals surface area (Å²) in [6.07, 6.45) is 2.32. The third-order valence-corrected chi connectivity index (χ3v) is 1.90. The van der Waals surface area contributed by atoms with E-state index in [9.17, 15) is 4.79 Å². The van der Waals surface area contributed by atoms with E-state index in [4.69, 9.17) is 11.0 Å². The number of rotatable bonds is 6. The van der Waals surface area contributed by atoms with Crippen LogP contribution in [-0.4, -0.2) is 18.0 Å². The highest BCUT2D eigenvalue weighted by molar-refractivity contribution is 5.83. The Morgan fingerprint density at radius 2 is 2.15 bits per heavy atom. The lowest BCUT2D eigenvalue weighted by atomic mass is 10.1. The van der Waals surface area contributed by atoms with Crippen LogP contribution >= 0.6 is 0 Å². The summed E-state index contributed by atoms with van der Waals surface area (Å²) in [6.45, 7) is 4.22. The molecule has 0 unspecified atom stereocenters. The molecule has 0 aliphatic carbocycles. The molecule has 0 bridgehead atoms. The van der Waals surface area contributed by atoms with E-state index in [1.165, 1.54) is 0 Å². The molecule has 4 nitrogen and oxygen atoms in total. The minimum absolute atomic E-state index is 0.354. The van der Waals surface area contributed by atoms with Gasteiger partial charge in [-0.1, -0.05) is 0 Å². The summed E-state index contributed by atoms with van der Waals surface area (Å²) >= 11 is 0. The van der Waals surface area contributed by atoms with Gasteiger partial charge in [0.15, 0.2) is 0 Å². The van der Waals surface area contributed by atoms with E-state index in [0.29, 0.717) is 6.42 Å². The molecular weight excluding hydrogens is 166 g/mol. The Bertz CT molecular complexity index is 205. The molecule has 1 amide bonds. The van der Waals surface area contributed by atoms with Crippen LogP contribution in [0.1, 0.15) is 33.1 Å². The van der Waals surface area contributed by atoms with Crippen molar-refractivity contribution in [1.29, 1.82) is 5.26 Å². The summed E-state index contributed by atoms with van der Waals surface area (Å²) in [5.74, 6) is -0.354. The standard InChI is InChI=1S/C9H17N3O/c1-9(2,8(11)13)12-7-5-3-4-6-10/h12H,3-5,7H2,1-2H3,(H2,11,13). The second-order valence-electron chi connectivity index (χ2n) is 3.53. The number of carbonyl (C=O) groups excluding carboxylic acids is 1. The zero-order valence-electron chi connectivity index (χ0n) is 8.26. The molecule has 4 heteroatoms. The van der Waals surface area contributed by atoms with Crippen LogP contribution in [0.2, 0.25) is 0 Å². The van der Waals surface area contributed by atoms with Crippen LogP contribution in [0.3, 0.4) is 0 Å². The van der Waals surface area contributed by atoms with Crippen molar-refractivity contribution in [1.82, 2.24) is 5.32 Å². The Kier molecular flexibility index (Phi) is 5.09. The number of carbonyl (C=O) groups is 1. The molecule has 0 heterocycles. The Balaban J connectivity index is 3.53. The van der Waals surface area contributed by atoms with Crippen molar-refractivity contribution in [2.24, 2.45) is 5.73 Å². The number of unbranched alkanes of at least 4 members (excludes halogenated alkanes) is 2. The van der Waals surface area contributed by atoms with Crippen LogP contribution in [-0.2, 0) is 4.79 Å². The van der Waals surface area contributed by atoms with Crippen LogP contribution in [0, 0.1) is 11.3 Å². The molecule has 13 heavy (non-hydrogen) atoms. The van der Waals surface area contributed by atoms with Crippen LogP contribution < -0.4 is 11.1 Å². The number of nitriles is 1. The second-order valence-corrected chi connectivity index (χ2v) is 3.53. The minimum atomic E-state index is -0.646. The van der Waals surface area contributed by atoms with Gasteiger partial charge >= 0.3 is 0 Å². The van der Waals surface area contributed by atoms with Gasteiger partial charge in [-0.2, -0.15) is 5.26 Å². The first-order chi connectivity index (χ1) is 6.00. The van der Waals surface area contributed by atoms with Gasteiger partial charge in [-0.15, -0.1) is 0 Å². The summed E-state index contributed by atoms with van der Waals surface area (Å²) in [6, 6.07) is 2.07. The lowest BCUT2D eigenvalue weighted by Gasteiger charge is -2.21. The first-order valence-corrected chi connectivity index (χ1v) is 4.42. The summed E-state index contributed by atoms with van der Waals surface area (Å²) in [7, 11) is 0. The molecule has 0 saturated carbocycles. The molecule has 0 aromatic heterocycles. The van der Waals surface area contributed by atoms with Crippen LogP contribution in [0.4, 0.5) is 0 Å². The predicted molar refractivity (Wildman–Crippen MR) is 50.7 cm³/mol. The van der Waals surface area contributed by atoms with Crippen LogP contribution in [0.5, 0.6) is 0 Å². The highest BCUT2D eigenvalue weighted by Gasteiger charge is 2.22. The number of primary amides is 1. The molecule has 0 spiro atoms. The largest absolute Gasteiger partial charge is 0.368 e. The fourth-order valence-electron chi connectivity index (χ4n) is 0.817. The monoisotopic (exact) mass is 183 g/mol. The average Bonchev–Trinajstić information content (AvgIpc) is 2.03. The summed E-state index contributed by atoms with van der Waals surface area (Å²) in [5.41, 5.74) is 4.51. The van der Waals surface area contributed by atoms with E-state index >= 15 is 0 Å². The van der Waals surface area contributed by atoms with Gasteiger partial charge in [-0.25, -0.2) is 0 Å². The normalized spacial score (nSPS) is 10.8. The zero-order chi connectivity index (χ0) is 10.3. The van der Waals surface area contributed by atoms with Gasteiger partial charge < -0.3 is 11.1 Å². The van der Waals surface area contributed by atoms with Crippen molar-refractivity contribution < 1.29 is 4.79 Å². The summed E-state index contributed by atoms with van der Waals surface area (Å²) in [5, 5.41) is 11.3. The number of hydrogen-bond acceptors (Lipinski definition) is 3. The lowest BCUT2D eigenvalue weighted by Crippen LogP contribution is -2.50. The maximum absolute atomic E-state index is 10.8. The quantitative estimate of drug-likeness (QED) is 0.590. The maximum atomic E-state index is 10.8. The van der Waals surface area contributed by atoms with E-state index in [-0.39, 0.29) is 5.91 Å². The van der Waals surface area contributed by atoms with Crippen molar-refractivity contribution in [2.45, 2.75) is 38.6 Å². The molecule has 0 aliphatic rings. The van der Waals surface area contributed by atoms with Gasteiger partial charge in [0, 0.05) is 6.42 Å². The molecule has 3 N–H and O–H groups in total. The number of amides is 1. The first-order valence-electron chi connectivity index (χ1n) is 4.42. The third kappa shape index (κ3) is 5.21. The number of nitrogens with zero attached hydrogens (tertiary/aromatic N) is 1.